The van der Waals surface area contributed by atoms with Gasteiger partial charge in [0, 0.05) is 6.54 Å². The molecule has 0 fully saturated rings. The summed E-state index contributed by atoms with van der Waals surface area (Å²) in [5.74, 6) is -14.8. The molecule has 0 N–H and O–H groups in total. The van der Waals surface area contributed by atoms with Gasteiger partial charge in [0.05, 0.1) is 34.1 Å². The third-order valence-corrected chi connectivity index (χ3v) is 7.09. The molecule has 0 aliphatic carbocycles. The Hall–Kier alpha value is -5.32. The van der Waals surface area contributed by atoms with Gasteiger partial charge in [-0.15, -0.1) is 6.42 Å². The van der Waals surface area contributed by atoms with E-state index in [1.54, 1.807) is 40.7 Å². The van der Waals surface area contributed by atoms with E-state index in [-0.39, 0.29) is 30.9 Å². The summed E-state index contributed by atoms with van der Waals surface area (Å²) in [7, 11) is 0. The van der Waals surface area contributed by atoms with Crippen LogP contribution in [0.3, 0.4) is 0 Å². The third kappa shape index (κ3) is 6.79. The summed E-state index contributed by atoms with van der Waals surface area (Å²) >= 11 is 0. The van der Waals surface area contributed by atoms with E-state index < -0.39 is 69.1 Å². The molecule has 3 aromatic carbocycles. The molecule has 0 saturated heterocycles. The fourth-order valence-corrected chi connectivity index (χ4v) is 4.48. The van der Waals surface area contributed by atoms with E-state index >= 15 is 4.39 Å². The van der Waals surface area contributed by atoms with Crippen molar-refractivity contribution in [3.63, 3.8) is 0 Å². The maximum absolute atomic E-state index is 15.8. The average Bonchev–Trinajstić information content (AvgIpc) is 3.01. The fraction of sp³-hybridized carbons (Fsp3) is 0.273. The first-order chi connectivity index (χ1) is 22.0. The van der Waals surface area contributed by atoms with E-state index in [2.05, 4.69) is 15.6 Å². The SMILES string of the molecule is C#CCN(Cc1cc2c(=O)n(COC(=O)C(C)(C)C)c(C)nc2cc1C)c1cccc(C(=O)Oc2c(F)c(F)c(F)c(F)c2F)c1F. The van der Waals surface area contributed by atoms with Crippen LogP contribution in [-0.2, 0) is 22.8 Å². The van der Waals surface area contributed by atoms with Crippen molar-refractivity contribution in [1.29, 1.82) is 0 Å². The van der Waals surface area contributed by atoms with Crippen molar-refractivity contribution in [3.8, 4) is 18.1 Å². The highest BCUT2D eigenvalue weighted by Gasteiger charge is 2.30. The van der Waals surface area contributed by atoms with Crippen LogP contribution in [0.15, 0.2) is 35.1 Å². The van der Waals surface area contributed by atoms with Crippen molar-refractivity contribution in [3.05, 3.63) is 98.1 Å². The van der Waals surface area contributed by atoms with Crippen LogP contribution >= 0.6 is 0 Å². The van der Waals surface area contributed by atoms with Gasteiger partial charge in [-0.3, -0.25) is 14.2 Å². The van der Waals surface area contributed by atoms with Gasteiger partial charge in [0.25, 0.3) is 5.56 Å². The molecule has 0 spiro atoms. The Bertz CT molecular complexity index is 2000. The van der Waals surface area contributed by atoms with Crippen molar-refractivity contribution < 1.29 is 45.4 Å². The number of nitrogens with zero attached hydrogens (tertiary/aromatic N) is 3. The molecule has 0 unspecified atom stereocenters. The Balaban J connectivity index is 1.70. The summed E-state index contributed by atoms with van der Waals surface area (Å²) in [4.78, 5) is 44.2. The van der Waals surface area contributed by atoms with Crippen LogP contribution in [0, 0.1) is 66.5 Å². The first kappa shape index (κ1) is 34.6. The van der Waals surface area contributed by atoms with E-state index in [0.717, 1.165) is 6.07 Å². The predicted molar refractivity (Wildman–Crippen MR) is 158 cm³/mol. The number of carbonyl (C=O) groups is 2. The molecule has 0 aliphatic rings. The highest BCUT2D eigenvalue weighted by Crippen LogP contribution is 2.31. The van der Waals surface area contributed by atoms with Gasteiger partial charge in [-0.25, -0.2) is 27.3 Å². The van der Waals surface area contributed by atoms with Crippen molar-refractivity contribution in [2.45, 2.75) is 47.9 Å². The Morgan fingerprint density at radius 3 is 2.17 bits per heavy atom. The molecule has 4 aromatic rings. The average molecular weight is 660 g/mol. The van der Waals surface area contributed by atoms with Crippen molar-refractivity contribution in [1.82, 2.24) is 9.55 Å². The Labute approximate surface area is 264 Å². The Morgan fingerprint density at radius 2 is 1.57 bits per heavy atom. The van der Waals surface area contributed by atoms with Gasteiger partial charge in [0.1, 0.15) is 5.82 Å². The maximum Gasteiger partial charge on any atom is 0.346 e. The number of hydrogen-bond acceptors (Lipinski definition) is 7. The molecular formula is C33H27F6N3O5. The topological polar surface area (TPSA) is 90.7 Å². The number of hydrogen-bond donors (Lipinski definition) is 0. The number of fused-ring (bicyclic) bond motifs is 1. The number of aromatic nitrogens is 2. The van der Waals surface area contributed by atoms with E-state index in [1.807, 2.05) is 0 Å². The standard InChI is InChI=1S/C33H27F6N3O5/c1-7-11-41(22-10-8-9-19(23(22)34)31(44)47-29-27(38)25(36)24(35)26(37)28(29)39)14-18-13-20-21(12-16(18)2)40-17(3)42(30(20)43)15-46-32(45)33(4,5)6/h1,8-10,12-13H,11,14-15H2,2-6H3. The lowest BCUT2D eigenvalue weighted by Gasteiger charge is -2.25. The van der Waals surface area contributed by atoms with Gasteiger partial charge in [-0.2, -0.15) is 8.78 Å². The summed E-state index contributed by atoms with van der Waals surface area (Å²) in [5, 5.41) is 0.157. The quantitative estimate of drug-likeness (QED) is 0.0552. The van der Waals surface area contributed by atoms with Crippen molar-refractivity contribution in [2.24, 2.45) is 5.41 Å². The molecule has 8 nitrogen and oxygen atoms in total. The summed E-state index contributed by atoms with van der Waals surface area (Å²) in [5.41, 5.74) is -1.02. The zero-order chi connectivity index (χ0) is 35.0. The lowest BCUT2D eigenvalue weighted by atomic mass is 9.98. The van der Waals surface area contributed by atoms with Crippen LogP contribution in [-0.4, -0.2) is 28.0 Å². The number of terminal acetylenes is 1. The molecule has 0 saturated carbocycles. The summed E-state index contributed by atoms with van der Waals surface area (Å²) < 4.78 is 95.5. The minimum Gasteiger partial charge on any atom is -0.443 e. The molecule has 0 radical (unpaired) electrons. The zero-order valence-electron chi connectivity index (χ0n) is 25.7. The first-order valence-corrected chi connectivity index (χ1v) is 13.9. The molecule has 0 amide bonds. The number of rotatable bonds is 8. The van der Waals surface area contributed by atoms with E-state index in [1.165, 1.54) is 27.7 Å². The lowest BCUT2D eigenvalue weighted by Crippen LogP contribution is -2.30. The molecule has 1 aromatic heterocycles. The highest BCUT2D eigenvalue weighted by molar-refractivity contribution is 5.92. The van der Waals surface area contributed by atoms with Gasteiger partial charge >= 0.3 is 11.9 Å². The van der Waals surface area contributed by atoms with Gasteiger partial charge in [-0.05, 0) is 70.0 Å². The molecule has 4 rings (SSSR count). The lowest BCUT2D eigenvalue weighted by molar-refractivity contribution is -0.157. The van der Waals surface area contributed by atoms with Gasteiger partial charge < -0.3 is 14.4 Å². The van der Waals surface area contributed by atoms with Gasteiger partial charge in [-0.1, -0.05) is 12.0 Å². The summed E-state index contributed by atoms with van der Waals surface area (Å²) in [6, 6.07) is 6.46. The molecule has 246 valence electrons. The molecular weight excluding hydrogens is 632 g/mol. The fourth-order valence-electron chi connectivity index (χ4n) is 4.48. The van der Waals surface area contributed by atoms with Crippen LogP contribution in [0.5, 0.6) is 5.75 Å². The smallest absolute Gasteiger partial charge is 0.346 e. The first-order valence-electron chi connectivity index (χ1n) is 13.9. The van der Waals surface area contributed by atoms with Crippen LogP contribution in [0.1, 0.15) is 48.1 Å². The van der Waals surface area contributed by atoms with E-state index in [9.17, 15) is 36.3 Å². The van der Waals surface area contributed by atoms with E-state index in [4.69, 9.17) is 11.2 Å². The number of ether oxygens (including phenoxy) is 2. The zero-order valence-corrected chi connectivity index (χ0v) is 25.7. The number of esters is 2. The molecule has 0 bridgehead atoms. The number of anilines is 1. The maximum atomic E-state index is 15.8. The third-order valence-electron chi connectivity index (χ3n) is 7.09. The molecule has 0 atom stereocenters. The monoisotopic (exact) mass is 659 g/mol. The normalized spacial score (nSPS) is 11.4. The number of benzene rings is 3. The summed E-state index contributed by atoms with van der Waals surface area (Å²) in [6.07, 6.45) is 5.53. The second kappa shape index (κ2) is 13.2. The highest BCUT2D eigenvalue weighted by atomic mass is 19.2. The second-order valence-corrected chi connectivity index (χ2v) is 11.5. The minimum atomic E-state index is -2.46. The number of halogens is 6. The summed E-state index contributed by atoms with van der Waals surface area (Å²) in [6.45, 7) is 7.55. The van der Waals surface area contributed by atoms with Crippen LogP contribution < -0.4 is 15.2 Å². The van der Waals surface area contributed by atoms with Crippen LogP contribution in [0.4, 0.5) is 32.0 Å². The molecule has 14 heteroatoms. The van der Waals surface area contributed by atoms with Crippen LogP contribution in [0.25, 0.3) is 10.9 Å². The van der Waals surface area contributed by atoms with Crippen molar-refractivity contribution in [2.75, 3.05) is 11.4 Å². The largest absolute Gasteiger partial charge is 0.443 e. The Kier molecular flexibility index (Phi) is 9.70. The van der Waals surface area contributed by atoms with Gasteiger partial charge in [0.2, 0.25) is 34.8 Å². The minimum absolute atomic E-state index is 0.120. The molecule has 1 heterocycles. The number of carbonyl (C=O) groups excluding carboxylic acids is 2. The second-order valence-electron chi connectivity index (χ2n) is 11.5. The Morgan fingerprint density at radius 1 is 0.957 bits per heavy atom. The molecule has 47 heavy (non-hydrogen) atoms. The van der Waals surface area contributed by atoms with Crippen LogP contribution in [0.2, 0.25) is 0 Å². The predicted octanol–water partition coefficient (Wildman–Crippen LogP) is 6.25. The number of aryl methyl sites for hydroxylation is 2. The van der Waals surface area contributed by atoms with Crippen molar-refractivity contribution >= 4 is 28.5 Å². The van der Waals surface area contributed by atoms with Gasteiger partial charge in [0.15, 0.2) is 12.5 Å². The molecule has 0 aliphatic heterocycles. The van der Waals surface area contributed by atoms with E-state index in [0.29, 0.717) is 22.5 Å².